The van der Waals surface area contributed by atoms with Gasteiger partial charge in [-0.15, -0.1) is 11.3 Å². The molecule has 1 N–H and O–H groups in total. The number of anilines is 1. The van der Waals surface area contributed by atoms with Crippen molar-refractivity contribution >= 4 is 34.3 Å². The SMILES string of the molecule is COC(=O)c1c(NC(=O)C=Cc2cnn(C)c2C)sc2c1CCC(C(C)(C)C)C2. The summed E-state index contributed by atoms with van der Waals surface area (Å²) >= 11 is 1.50. The first-order valence-electron chi connectivity index (χ1n) is 9.82. The molecule has 2 aromatic heterocycles. The Labute approximate surface area is 176 Å². The van der Waals surface area contributed by atoms with E-state index in [1.54, 1.807) is 17.0 Å². The smallest absolute Gasteiger partial charge is 0.341 e. The Morgan fingerprint density at radius 2 is 2.10 bits per heavy atom. The number of thiophene rings is 1. The number of carbonyl (C=O) groups excluding carboxylic acids is 2. The van der Waals surface area contributed by atoms with Crippen molar-refractivity contribution < 1.29 is 14.3 Å². The number of rotatable bonds is 4. The fourth-order valence-electron chi connectivity index (χ4n) is 3.73. The van der Waals surface area contributed by atoms with E-state index in [9.17, 15) is 9.59 Å². The quantitative estimate of drug-likeness (QED) is 0.594. The highest BCUT2D eigenvalue weighted by Gasteiger charge is 2.34. The molecule has 2 heterocycles. The summed E-state index contributed by atoms with van der Waals surface area (Å²) in [6, 6.07) is 0. The summed E-state index contributed by atoms with van der Waals surface area (Å²) in [4.78, 5) is 26.2. The van der Waals surface area contributed by atoms with Crippen LogP contribution in [0.2, 0.25) is 0 Å². The minimum atomic E-state index is -0.390. The second-order valence-corrected chi connectivity index (χ2v) is 9.74. The van der Waals surface area contributed by atoms with Gasteiger partial charge < -0.3 is 10.1 Å². The number of methoxy groups -OCH3 is 1. The van der Waals surface area contributed by atoms with Gasteiger partial charge >= 0.3 is 5.97 Å². The van der Waals surface area contributed by atoms with Gasteiger partial charge in [0, 0.05) is 29.3 Å². The molecule has 0 aromatic carbocycles. The lowest BCUT2D eigenvalue weighted by Crippen LogP contribution is -2.26. The van der Waals surface area contributed by atoms with Gasteiger partial charge in [-0.2, -0.15) is 5.10 Å². The van der Waals surface area contributed by atoms with Crippen molar-refractivity contribution in [3.05, 3.63) is 39.5 Å². The second kappa shape index (κ2) is 8.14. The number of aryl methyl sites for hydroxylation is 1. The van der Waals surface area contributed by atoms with Gasteiger partial charge in [0.05, 0.1) is 18.9 Å². The molecule has 1 aliphatic carbocycles. The van der Waals surface area contributed by atoms with E-state index in [1.807, 2.05) is 14.0 Å². The van der Waals surface area contributed by atoms with E-state index < -0.39 is 0 Å². The van der Waals surface area contributed by atoms with E-state index in [-0.39, 0.29) is 17.3 Å². The summed E-state index contributed by atoms with van der Waals surface area (Å²) in [5.41, 5.74) is 3.61. The first-order valence-corrected chi connectivity index (χ1v) is 10.6. The summed E-state index contributed by atoms with van der Waals surface area (Å²) < 4.78 is 6.77. The van der Waals surface area contributed by atoms with Crippen LogP contribution in [0.3, 0.4) is 0 Å². The van der Waals surface area contributed by atoms with Crippen LogP contribution in [0.4, 0.5) is 5.00 Å². The number of ether oxygens (including phenoxy) is 1. The average molecular weight is 416 g/mol. The number of fused-ring (bicyclic) bond motifs is 1. The molecule has 7 heteroatoms. The Balaban J connectivity index is 1.85. The largest absolute Gasteiger partial charge is 0.465 e. The number of hydrogen-bond donors (Lipinski definition) is 1. The Morgan fingerprint density at radius 1 is 1.38 bits per heavy atom. The van der Waals surface area contributed by atoms with Crippen LogP contribution in [-0.2, 0) is 29.4 Å². The minimum Gasteiger partial charge on any atom is -0.465 e. The highest BCUT2D eigenvalue weighted by atomic mass is 32.1. The lowest BCUT2D eigenvalue weighted by molar-refractivity contribution is -0.111. The van der Waals surface area contributed by atoms with Crippen molar-refractivity contribution in [2.45, 2.75) is 47.0 Å². The van der Waals surface area contributed by atoms with Gasteiger partial charge in [0.15, 0.2) is 0 Å². The van der Waals surface area contributed by atoms with E-state index in [2.05, 4.69) is 31.2 Å². The highest BCUT2D eigenvalue weighted by molar-refractivity contribution is 7.17. The number of amides is 1. The van der Waals surface area contributed by atoms with Gasteiger partial charge in [0.25, 0.3) is 0 Å². The molecule has 0 saturated heterocycles. The molecule has 0 spiro atoms. The van der Waals surface area contributed by atoms with E-state index in [4.69, 9.17) is 4.74 Å². The molecular formula is C22H29N3O3S. The number of hydrogen-bond acceptors (Lipinski definition) is 5. The number of aromatic nitrogens is 2. The molecule has 2 aromatic rings. The summed E-state index contributed by atoms with van der Waals surface area (Å²) in [6.45, 7) is 8.71. The normalized spacial score (nSPS) is 16.7. The van der Waals surface area contributed by atoms with Crippen LogP contribution in [0.1, 0.15) is 59.2 Å². The van der Waals surface area contributed by atoms with Crippen molar-refractivity contribution in [3.8, 4) is 0 Å². The van der Waals surface area contributed by atoms with Gasteiger partial charge in [0.1, 0.15) is 5.00 Å². The van der Waals surface area contributed by atoms with Crippen LogP contribution < -0.4 is 5.32 Å². The number of carbonyl (C=O) groups is 2. The molecule has 1 aliphatic rings. The van der Waals surface area contributed by atoms with Gasteiger partial charge in [-0.25, -0.2) is 4.79 Å². The monoisotopic (exact) mass is 415 g/mol. The van der Waals surface area contributed by atoms with Crippen LogP contribution in [0.15, 0.2) is 12.3 Å². The second-order valence-electron chi connectivity index (χ2n) is 8.64. The first kappa shape index (κ1) is 21.3. The molecule has 29 heavy (non-hydrogen) atoms. The Morgan fingerprint density at radius 3 is 2.69 bits per heavy atom. The van der Waals surface area contributed by atoms with E-state index in [0.29, 0.717) is 16.5 Å². The van der Waals surface area contributed by atoms with Crippen LogP contribution in [0.5, 0.6) is 0 Å². The summed E-state index contributed by atoms with van der Waals surface area (Å²) in [6.07, 6.45) is 7.72. The van der Waals surface area contributed by atoms with Crippen molar-refractivity contribution in [1.29, 1.82) is 0 Å². The third-order valence-corrected chi connectivity index (χ3v) is 6.97. The van der Waals surface area contributed by atoms with Gasteiger partial charge in [-0.1, -0.05) is 20.8 Å². The maximum absolute atomic E-state index is 12.5. The number of nitrogens with one attached hydrogen (secondary N) is 1. The maximum Gasteiger partial charge on any atom is 0.341 e. The van der Waals surface area contributed by atoms with Gasteiger partial charge in [-0.3, -0.25) is 9.48 Å². The van der Waals surface area contributed by atoms with E-state index >= 15 is 0 Å². The molecule has 156 valence electrons. The van der Waals surface area contributed by atoms with Crippen molar-refractivity contribution in [2.24, 2.45) is 18.4 Å². The van der Waals surface area contributed by atoms with Crippen molar-refractivity contribution in [1.82, 2.24) is 9.78 Å². The minimum absolute atomic E-state index is 0.209. The zero-order chi connectivity index (χ0) is 21.3. The predicted molar refractivity (Wildman–Crippen MR) is 116 cm³/mol. The third kappa shape index (κ3) is 4.45. The molecule has 1 atom stereocenters. The Kier molecular flexibility index (Phi) is 5.98. The lowest BCUT2D eigenvalue weighted by Gasteiger charge is -2.33. The number of nitrogens with zero attached hydrogens (tertiary/aromatic N) is 2. The predicted octanol–water partition coefficient (Wildman–Crippen LogP) is 4.38. The molecule has 0 aliphatic heterocycles. The van der Waals surface area contributed by atoms with Gasteiger partial charge in [0.2, 0.25) is 5.91 Å². The molecule has 0 bridgehead atoms. The van der Waals surface area contributed by atoms with Crippen LogP contribution in [0, 0.1) is 18.3 Å². The van der Waals surface area contributed by atoms with Crippen molar-refractivity contribution in [3.63, 3.8) is 0 Å². The summed E-state index contributed by atoms with van der Waals surface area (Å²) in [7, 11) is 3.24. The summed E-state index contributed by atoms with van der Waals surface area (Å²) in [5.74, 6) is -0.111. The fraction of sp³-hybridized carbons (Fsp3) is 0.500. The molecule has 1 unspecified atom stereocenters. The zero-order valence-electron chi connectivity index (χ0n) is 18.0. The van der Waals surface area contributed by atoms with E-state index in [0.717, 1.165) is 36.1 Å². The average Bonchev–Trinajstić information content (AvgIpc) is 3.18. The van der Waals surface area contributed by atoms with E-state index in [1.165, 1.54) is 29.4 Å². The Bertz CT molecular complexity index is 963. The lowest BCUT2D eigenvalue weighted by atomic mass is 9.72. The Hall–Kier alpha value is -2.41. The molecule has 3 rings (SSSR count). The molecular weight excluding hydrogens is 386 g/mol. The van der Waals surface area contributed by atoms with Crippen LogP contribution in [0.25, 0.3) is 6.08 Å². The zero-order valence-corrected chi connectivity index (χ0v) is 18.8. The first-order chi connectivity index (χ1) is 13.6. The number of esters is 1. The molecule has 6 nitrogen and oxygen atoms in total. The molecule has 0 saturated carbocycles. The standard InChI is InChI=1S/C22H29N3O3S/c1-13-14(12-23-25(13)5)7-10-18(26)24-20-19(21(27)28-6)16-9-8-15(22(2,3)4)11-17(16)29-20/h7,10,12,15H,8-9,11H2,1-6H3,(H,24,26). The maximum atomic E-state index is 12.5. The van der Waals surface area contributed by atoms with Gasteiger partial charge in [-0.05, 0) is 49.2 Å². The topological polar surface area (TPSA) is 73.2 Å². The van der Waals surface area contributed by atoms with Crippen molar-refractivity contribution in [2.75, 3.05) is 12.4 Å². The molecule has 0 fully saturated rings. The van der Waals surface area contributed by atoms with Crippen LogP contribution in [-0.4, -0.2) is 28.8 Å². The third-order valence-electron chi connectivity index (χ3n) is 5.80. The molecule has 1 amide bonds. The van der Waals surface area contributed by atoms with Crippen LogP contribution >= 0.6 is 11.3 Å². The highest BCUT2D eigenvalue weighted by Crippen LogP contribution is 2.44. The summed E-state index contributed by atoms with van der Waals surface area (Å²) in [5, 5.41) is 7.65. The fourth-order valence-corrected chi connectivity index (χ4v) is 5.05. The molecule has 0 radical (unpaired) electrons.